The van der Waals surface area contributed by atoms with Crippen molar-refractivity contribution in [2.75, 3.05) is 79.1 Å². The largest absolute Gasteiger partial charge is 0.466 e. The third-order valence-electron chi connectivity index (χ3n) is 11.3. The molecule has 0 bridgehead atoms. The Hall–Kier alpha value is -1.26. The molecule has 0 aromatic carbocycles. The molecule has 0 aliphatic carbocycles. The SMILES string of the molecule is CCCCCCCCCCCOC(=O)CCCCCN(CCO)CCCCCCCC(=O)OCC(COCCCCCC)(COCCCCCC)COCCCCCC. The van der Waals surface area contributed by atoms with Crippen molar-refractivity contribution in [3.8, 4) is 0 Å². The quantitative estimate of drug-likeness (QED) is 0.0473. The molecule has 9 nitrogen and oxygen atoms in total. The minimum atomic E-state index is -0.506. The summed E-state index contributed by atoms with van der Waals surface area (Å²) in [7, 11) is 0. The average Bonchev–Trinajstić information content (AvgIpc) is 3.23. The normalized spacial score (nSPS) is 11.8. The van der Waals surface area contributed by atoms with Gasteiger partial charge >= 0.3 is 11.9 Å². The molecule has 0 spiro atoms. The summed E-state index contributed by atoms with van der Waals surface area (Å²) in [6.45, 7) is 16.0. The van der Waals surface area contributed by atoms with Gasteiger partial charge in [-0.05, 0) is 64.5 Å². The topological polar surface area (TPSA) is 104 Å². The standard InChI is InChI=1S/C50H99NO8/c1-5-9-13-17-18-19-20-24-33-43-58-48(53)34-27-25-29-37-51(38-39-52)36-28-23-21-22-26-35-49(54)59-47-50(44-55-40-30-14-10-6-2,45-56-41-31-15-11-7-3)46-57-42-32-16-12-8-4/h52H,5-47H2,1-4H3. The van der Waals surface area contributed by atoms with Gasteiger partial charge in [0, 0.05) is 39.2 Å². The number of hydrogen-bond acceptors (Lipinski definition) is 9. The molecule has 0 unspecified atom stereocenters. The highest BCUT2D eigenvalue weighted by atomic mass is 16.5. The third-order valence-corrected chi connectivity index (χ3v) is 11.3. The van der Waals surface area contributed by atoms with E-state index in [0.29, 0.717) is 65.6 Å². The Morgan fingerprint density at radius 1 is 0.390 bits per heavy atom. The second kappa shape index (κ2) is 46.2. The summed E-state index contributed by atoms with van der Waals surface area (Å²) in [6, 6.07) is 0. The van der Waals surface area contributed by atoms with Crippen LogP contribution in [-0.4, -0.2) is 101 Å². The second-order valence-electron chi connectivity index (χ2n) is 17.4. The van der Waals surface area contributed by atoms with E-state index in [1.165, 1.54) is 103 Å². The molecule has 0 fully saturated rings. The fraction of sp³-hybridized carbons (Fsp3) is 0.960. The predicted molar refractivity (Wildman–Crippen MR) is 246 cm³/mol. The van der Waals surface area contributed by atoms with Crippen LogP contribution in [0.25, 0.3) is 0 Å². The van der Waals surface area contributed by atoms with Crippen LogP contribution in [0.4, 0.5) is 0 Å². The maximum absolute atomic E-state index is 13.0. The van der Waals surface area contributed by atoms with Crippen LogP contribution in [0.3, 0.4) is 0 Å². The Labute approximate surface area is 365 Å². The van der Waals surface area contributed by atoms with Crippen LogP contribution in [-0.2, 0) is 33.3 Å². The highest BCUT2D eigenvalue weighted by Crippen LogP contribution is 2.23. The molecular formula is C50H99NO8. The van der Waals surface area contributed by atoms with Crippen LogP contribution in [0.1, 0.15) is 227 Å². The van der Waals surface area contributed by atoms with Gasteiger partial charge in [0.2, 0.25) is 0 Å². The number of carbonyl (C=O) groups excluding carboxylic acids is 2. The summed E-state index contributed by atoms with van der Waals surface area (Å²) in [4.78, 5) is 27.5. The third kappa shape index (κ3) is 40.6. The number of nitrogens with zero attached hydrogens (tertiary/aromatic N) is 1. The van der Waals surface area contributed by atoms with E-state index in [1.807, 2.05) is 0 Å². The zero-order chi connectivity index (χ0) is 43.2. The van der Waals surface area contributed by atoms with Gasteiger partial charge < -0.3 is 33.7 Å². The maximum Gasteiger partial charge on any atom is 0.305 e. The Balaban J connectivity index is 4.47. The number of rotatable bonds is 49. The van der Waals surface area contributed by atoms with Crippen molar-refractivity contribution < 1.29 is 38.4 Å². The first-order chi connectivity index (χ1) is 29.0. The molecule has 1 N–H and O–H groups in total. The maximum atomic E-state index is 13.0. The minimum Gasteiger partial charge on any atom is -0.466 e. The highest BCUT2D eigenvalue weighted by Gasteiger charge is 2.34. The van der Waals surface area contributed by atoms with Gasteiger partial charge in [0.25, 0.3) is 0 Å². The van der Waals surface area contributed by atoms with E-state index < -0.39 is 5.41 Å². The molecular weight excluding hydrogens is 743 g/mol. The lowest BCUT2D eigenvalue weighted by Gasteiger charge is -2.33. The Kier molecular flexibility index (Phi) is 45.3. The number of hydrogen-bond donors (Lipinski definition) is 1. The Bertz CT molecular complexity index is 833. The molecule has 0 aliphatic heterocycles. The zero-order valence-electron chi connectivity index (χ0n) is 39.7. The lowest BCUT2D eigenvalue weighted by atomic mass is 9.92. The molecule has 0 amide bonds. The van der Waals surface area contributed by atoms with Crippen LogP contribution in [0.5, 0.6) is 0 Å². The zero-order valence-corrected chi connectivity index (χ0v) is 39.7. The van der Waals surface area contributed by atoms with Gasteiger partial charge in [-0.2, -0.15) is 0 Å². The van der Waals surface area contributed by atoms with Gasteiger partial charge in [-0.1, -0.05) is 163 Å². The van der Waals surface area contributed by atoms with E-state index in [4.69, 9.17) is 23.7 Å². The molecule has 59 heavy (non-hydrogen) atoms. The summed E-state index contributed by atoms with van der Waals surface area (Å²) in [5.74, 6) is -0.211. The number of esters is 2. The van der Waals surface area contributed by atoms with E-state index in [1.54, 1.807) is 0 Å². The fourth-order valence-electron chi connectivity index (χ4n) is 7.38. The number of aliphatic hydroxyl groups is 1. The van der Waals surface area contributed by atoms with Crippen molar-refractivity contribution in [2.24, 2.45) is 5.41 Å². The predicted octanol–water partition coefficient (Wildman–Crippen LogP) is 12.6. The van der Waals surface area contributed by atoms with Crippen LogP contribution in [0.15, 0.2) is 0 Å². The smallest absolute Gasteiger partial charge is 0.305 e. The molecule has 352 valence electrons. The first-order valence-electron chi connectivity index (χ1n) is 25.3. The Morgan fingerprint density at radius 2 is 0.729 bits per heavy atom. The van der Waals surface area contributed by atoms with Gasteiger partial charge in [-0.15, -0.1) is 0 Å². The van der Waals surface area contributed by atoms with Crippen LogP contribution in [0, 0.1) is 5.41 Å². The molecule has 0 radical (unpaired) electrons. The first-order valence-corrected chi connectivity index (χ1v) is 25.3. The van der Waals surface area contributed by atoms with Crippen molar-refractivity contribution in [1.29, 1.82) is 0 Å². The summed E-state index contributed by atoms with van der Waals surface area (Å²) in [5, 5.41) is 9.60. The van der Waals surface area contributed by atoms with Gasteiger partial charge in [0.05, 0.1) is 38.4 Å². The number of carbonyl (C=O) groups is 2. The Morgan fingerprint density at radius 3 is 1.17 bits per heavy atom. The summed E-state index contributed by atoms with van der Waals surface area (Å²) >= 11 is 0. The summed E-state index contributed by atoms with van der Waals surface area (Å²) < 4.78 is 30.1. The van der Waals surface area contributed by atoms with Gasteiger partial charge in [0.1, 0.15) is 6.61 Å². The van der Waals surface area contributed by atoms with Crippen molar-refractivity contribution in [2.45, 2.75) is 227 Å². The number of aliphatic hydroxyl groups excluding tert-OH is 1. The van der Waals surface area contributed by atoms with E-state index in [9.17, 15) is 14.7 Å². The van der Waals surface area contributed by atoms with Crippen LogP contribution in [0.2, 0.25) is 0 Å². The molecule has 0 aromatic rings. The lowest BCUT2D eigenvalue weighted by Crippen LogP contribution is -2.42. The molecule has 0 aliphatic rings. The minimum absolute atomic E-state index is 0.0625. The van der Waals surface area contributed by atoms with Crippen molar-refractivity contribution in [1.82, 2.24) is 4.90 Å². The molecule has 0 rings (SSSR count). The molecule has 0 saturated carbocycles. The second-order valence-corrected chi connectivity index (χ2v) is 17.4. The van der Waals surface area contributed by atoms with E-state index in [2.05, 4.69) is 32.6 Å². The van der Waals surface area contributed by atoms with Crippen LogP contribution < -0.4 is 0 Å². The van der Waals surface area contributed by atoms with Crippen molar-refractivity contribution >= 4 is 11.9 Å². The molecule has 0 heterocycles. The fourth-order valence-corrected chi connectivity index (χ4v) is 7.38. The number of unbranched alkanes of at least 4 members (excludes halogenated alkanes) is 23. The van der Waals surface area contributed by atoms with E-state index in [-0.39, 0.29) is 25.2 Å². The van der Waals surface area contributed by atoms with Gasteiger partial charge in [-0.3, -0.25) is 9.59 Å². The molecule has 0 saturated heterocycles. The molecule has 9 heteroatoms. The first kappa shape index (κ1) is 57.7. The lowest BCUT2D eigenvalue weighted by molar-refractivity contribution is -0.156. The van der Waals surface area contributed by atoms with Crippen molar-refractivity contribution in [3.63, 3.8) is 0 Å². The van der Waals surface area contributed by atoms with Crippen LogP contribution >= 0.6 is 0 Å². The van der Waals surface area contributed by atoms with E-state index in [0.717, 1.165) is 96.6 Å². The van der Waals surface area contributed by atoms with Gasteiger partial charge in [0.15, 0.2) is 0 Å². The highest BCUT2D eigenvalue weighted by molar-refractivity contribution is 5.69. The van der Waals surface area contributed by atoms with Crippen molar-refractivity contribution in [3.05, 3.63) is 0 Å². The summed E-state index contributed by atoms with van der Waals surface area (Å²) in [6.07, 6.45) is 34.1. The average molecular weight is 842 g/mol. The summed E-state index contributed by atoms with van der Waals surface area (Å²) in [5.41, 5.74) is -0.506. The number of ether oxygens (including phenoxy) is 5. The monoisotopic (exact) mass is 842 g/mol. The molecule has 0 aromatic heterocycles. The molecule has 0 atom stereocenters. The van der Waals surface area contributed by atoms with E-state index >= 15 is 0 Å². The van der Waals surface area contributed by atoms with Gasteiger partial charge in [-0.25, -0.2) is 0 Å².